The molecule has 0 amide bonds. The summed E-state index contributed by atoms with van der Waals surface area (Å²) in [4.78, 5) is 31.2. The van der Waals surface area contributed by atoms with E-state index in [1.165, 1.54) is 15.7 Å². The van der Waals surface area contributed by atoms with Crippen LogP contribution in [0.2, 0.25) is 5.02 Å². The molecule has 0 aliphatic carbocycles. The molecule has 172 valence electrons. The Hall–Kier alpha value is -3.22. The van der Waals surface area contributed by atoms with Gasteiger partial charge in [-0.2, -0.15) is 0 Å². The summed E-state index contributed by atoms with van der Waals surface area (Å²) in [5.74, 6) is 0. The maximum atomic E-state index is 13.3. The maximum Gasteiger partial charge on any atom is 0.277 e. The lowest BCUT2D eigenvalue weighted by Gasteiger charge is -2.10. The fourth-order valence-electron chi connectivity index (χ4n) is 4.57. The predicted molar refractivity (Wildman–Crippen MR) is 140 cm³/mol. The fraction of sp³-hybridized carbons (Fsp3) is 0.222. The van der Waals surface area contributed by atoms with Gasteiger partial charge >= 0.3 is 0 Å². The minimum atomic E-state index is -0.314. The monoisotopic (exact) mass is 489 g/mol. The van der Waals surface area contributed by atoms with Crippen LogP contribution in [0.5, 0.6) is 0 Å². The van der Waals surface area contributed by atoms with Crippen LogP contribution in [0.4, 0.5) is 0 Å². The Balaban J connectivity index is 1.79. The lowest BCUT2D eigenvalue weighted by atomic mass is 10.1. The highest BCUT2D eigenvalue weighted by Gasteiger charge is 2.17. The van der Waals surface area contributed by atoms with Crippen LogP contribution >= 0.6 is 22.9 Å². The van der Waals surface area contributed by atoms with Crippen molar-refractivity contribution in [2.24, 2.45) is 0 Å². The minimum Gasteiger partial charge on any atom is -0.340 e. The molecule has 5 nitrogen and oxygen atoms in total. The van der Waals surface area contributed by atoms with Gasteiger partial charge in [-0.1, -0.05) is 59.7 Å². The number of hydrogen-bond donors (Lipinski definition) is 0. The second kappa shape index (κ2) is 8.53. The first-order chi connectivity index (χ1) is 16.3. The zero-order valence-electron chi connectivity index (χ0n) is 19.5. The number of benzene rings is 2. The van der Waals surface area contributed by atoms with Crippen molar-refractivity contribution in [1.82, 2.24) is 14.0 Å². The molecule has 0 spiro atoms. The van der Waals surface area contributed by atoms with E-state index in [-0.39, 0.29) is 11.1 Å². The molecule has 0 aliphatic heterocycles. The van der Waals surface area contributed by atoms with Crippen LogP contribution in [0.25, 0.3) is 21.9 Å². The zero-order chi connectivity index (χ0) is 24.1. The average molecular weight is 490 g/mol. The molecule has 0 N–H and O–H groups in total. The Labute approximate surface area is 205 Å². The first-order valence-electron chi connectivity index (χ1n) is 11.2. The molecule has 5 aromatic rings. The molecule has 0 bridgehead atoms. The molecule has 3 aromatic heterocycles. The summed E-state index contributed by atoms with van der Waals surface area (Å²) in [5.41, 5.74) is 5.93. The highest BCUT2D eigenvalue weighted by atomic mass is 35.5. The number of halogens is 1. The van der Waals surface area contributed by atoms with Crippen molar-refractivity contribution < 1.29 is 0 Å². The third-order valence-electron chi connectivity index (χ3n) is 6.41. The molecule has 2 aromatic carbocycles. The van der Waals surface area contributed by atoms with Gasteiger partial charge in [0.2, 0.25) is 4.96 Å². The lowest BCUT2D eigenvalue weighted by molar-refractivity contribution is 0.804. The van der Waals surface area contributed by atoms with Crippen LogP contribution in [0.3, 0.4) is 0 Å². The van der Waals surface area contributed by atoms with Crippen molar-refractivity contribution in [2.45, 2.75) is 40.7 Å². The SMILES string of the molecule is CCc1c(C)nc2s/c(=C\c3c(C)n(Cc4ccccc4Cl)c4ccc(C)cc34)c(=O)n2c1=O. The van der Waals surface area contributed by atoms with E-state index in [4.69, 9.17) is 11.6 Å². The van der Waals surface area contributed by atoms with Crippen LogP contribution in [0.15, 0.2) is 52.1 Å². The number of aromatic nitrogens is 3. The topological polar surface area (TPSA) is 56.4 Å². The van der Waals surface area contributed by atoms with Crippen LogP contribution in [-0.4, -0.2) is 14.0 Å². The van der Waals surface area contributed by atoms with Crippen molar-refractivity contribution in [3.8, 4) is 0 Å². The van der Waals surface area contributed by atoms with Gasteiger partial charge in [-0.3, -0.25) is 9.59 Å². The van der Waals surface area contributed by atoms with Crippen LogP contribution < -0.4 is 15.7 Å². The molecule has 34 heavy (non-hydrogen) atoms. The number of hydrogen-bond acceptors (Lipinski definition) is 4. The summed E-state index contributed by atoms with van der Waals surface area (Å²) >= 11 is 7.71. The Morgan fingerprint density at radius 2 is 1.82 bits per heavy atom. The molecule has 0 unspecified atom stereocenters. The molecular formula is C27H24ClN3O2S. The average Bonchev–Trinajstić information content (AvgIpc) is 3.24. The van der Waals surface area contributed by atoms with Crippen molar-refractivity contribution >= 4 is 44.9 Å². The van der Waals surface area contributed by atoms with E-state index in [1.807, 2.05) is 44.2 Å². The van der Waals surface area contributed by atoms with E-state index >= 15 is 0 Å². The van der Waals surface area contributed by atoms with Gasteiger partial charge in [-0.25, -0.2) is 9.38 Å². The first-order valence-corrected chi connectivity index (χ1v) is 12.4. The maximum absolute atomic E-state index is 13.3. The lowest BCUT2D eigenvalue weighted by Crippen LogP contribution is -2.33. The molecule has 0 fully saturated rings. The third-order valence-corrected chi connectivity index (χ3v) is 7.75. The quantitative estimate of drug-likeness (QED) is 0.364. The van der Waals surface area contributed by atoms with E-state index in [0.29, 0.717) is 33.7 Å². The van der Waals surface area contributed by atoms with E-state index < -0.39 is 0 Å². The second-order valence-corrected chi connectivity index (χ2v) is 9.98. The molecule has 0 saturated heterocycles. The summed E-state index contributed by atoms with van der Waals surface area (Å²) in [5, 5.41) is 1.78. The number of fused-ring (bicyclic) bond motifs is 2. The molecule has 0 radical (unpaired) electrons. The summed E-state index contributed by atoms with van der Waals surface area (Å²) in [7, 11) is 0. The Morgan fingerprint density at radius 3 is 2.56 bits per heavy atom. The van der Waals surface area contributed by atoms with Gasteiger partial charge in [0, 0.05) is 45.0 Å². The van der Waals surface area contributed by atoms with Gasteiger partial charge in [-0.05, 0) is 57.0 Å². The van der Waals surface area contributed by atoms with E-state index in [0.717, 1.165) is 38.3 Å². The summed E-state index contributed by atoms with van der Waals surface area (Å²) in [6, 6.07) is 14.2. The van der Waals surface area contributed by atoms with Gasteiger partial charge in [0.1, 0.15) is 0 Å². The van der Waals surface area contributed by atoms with Crippen LogP contribution in [-0.2, 0) is 13.0 Å². The van der Waals surface area contributed by atoms with Crippen molar-refractivity contribution in [3.05, 3.63) is 106 Å². The minimum absolute atomic E-state index is 0.264. The number of rotatable bonds is 4. The Kier molecular flexibility index (Phi) is 5.66. The Morgan fingerprint density at radius 1 is 1.06 bits per heavy atom. The normalized spacial score (nSPS) is 12.3. The molecule has 7 heteroatoms. The van der Waals surface area contributed by atoms with Gasteiger partial charge in [-0.15, -0.1) is 0 Å². The zero-order valence-corrected chi connectivity index (χ0v) is 21.0. The first kappa shape index (κ1) is 22.6. The third kappa shape index (κ3) is 3.58. The van der Waals surface area contributed by atoms with Crippen molar-refractivity contribution in [1.29, 1.82) is 0 Å². The number of aryl methyl sites for hydroxylation is 2. The molecule has 0 saturated carbocycles. The van der Waals surface area contributed by atoms with Gasteiger partial charge in [0.15, 0.2) is 0 Å². The number of nitrogens with zero attached hydrogens (tertiary/aromatic N) is 3. The smallest absolute Gasteiger partial charge is 0.277 e. The largest absolute Gasteiger partial charge is 0.340 e. The standard InChI is InChI=1S/C27H24ClN3O2S/c1-5-19-16(3)29-27-31(25(19)32)26(33)24(34-27)13-20-17(4)30(14-18-8-6-7-9-22(18)28)23-11-10-15(2)12-21(20)23/h6-13H,5,14H2,1-4H3/b24-13-. The predicted octanol–water partition coefficient (Wildman–Crippen LogP) is 4.81. The molecule has 5 rings (SSSR count). The highest BCUT2D eigenvalue weighted by Crippen LogP contribution is 2.29. The highest BCUT2D eigenvalue weighted by molar-refractivity contribution is 7.15. The van der Waals surface area contributed by atoms with Gasteiger partial charge in [0.05, 0.1) is 4.53 Å². The summed E-state index contributed by atoms with van der Waals surface area (Å²) < 4.78 is 3.94. The van der Waals surface area contributed by atoms with Crippen LogP contribution in [0.1, 0.15) is 40.6 Å². The second-order valence-electron chi connectivity index (χ2n) is 8.57. The van der Waals surface area contributed by atoms with E-state index in [9.17, 15) is 9.59 Å². The van der Waals surface area contributed by atoms with E-state index in [2.05, 4.69) is 41.6 Å². The number of thiazole rings is 1. The molecule has 0 atom stereocenters. The van der Waals surface area contributed by atoms with Crippen LogP contribution in [0, 0.1) is 20.8 Å². The summed E-state index contributed by atoms with van der Waals surface area (Å²) in [6.45, 7) is 8.46. The molecule has 3 heterocycles. The summed E-state index contributed by atoms with van der Waals surface area (Å²) in [6.07, 6.45) is 2.45. The van der Waals surface area contributed by atoms with Gasteiger partial charge < -0.3 is 4.57 Å². The fourth-order valence-corrected chi connectivity index (χ4v) is 5.76. The molecular weight excluding hydrogens is 466 g/mol. The van der Waals surface area contributed by atoms with Gasteiger partial charge in [0.25, 0.3) is 11.1 Å². The molecule has 0 aliphatic rings. The van der Waals surface area contributed by atoms with Crippen molar-refractivity contribution in [3.63, 3.8) is 0 Å². The van der Waals surface area contributed by atoms with E-state index in [1.54, 1.807) is 0 Å². The van der Waals surface area contributed by atoms with Crippen molar-refractivity contribution in [2.75, 3.05) is 0 Å². The Bertz CT molecular complexity index is 1760.